The lowest BCUT2D eigenvalue weighted by Gasteiger charge is -2.38. The number of unbranched alkanes of at least 4 members (excludes halogenated alkanes) is 8. The molecule has 0 saturated heterocycles. The van der Waals surface area contributed by atoms with E-state index in [2.05, 4.69) is 57.4 Å². The number of carbonyl (C=O) groups excluding carboxylic acids is 2. The Bertz CT molecular complexity index is 696. The van der Waals surface area contributed by atoms with Gasteiger partial charge in [0.05, 0.1) is 12.7 Å². The van der Waals surface area contributed by atoms with E-state index in [0.717, 1.165) is 70.6 Å². The average Bonchev–Trinajstić information content (AvgIpc) is 2.92. The zero-order chi connectivity index (χ0) is 30.3. The van der Waals surface area contributed by atoms with Crippen molar-refractivity contribution in [1.82, 2.24) is 10.6 Å². The van der Waals surface area contributed by atoms with Gasteiger partial charge in [-0.25, -0.2) is 4.79 Å². The summed E-state index contributed by atoms with van der Waals surface area (Å²) in [7, 11) is 0. The number of aliphatic hydroxyl groups excluding tert-OH is 1. The molecule has 2 amide bonds. The van der Waals surface area contributed by atoms with Crippen LogP contribution in [0.4, 0.5) is 4.79 Å². The van der Waals surface area contributed by atoms with Crippen LogP contribution in [0.15, 0.2) is 12.2 Å². The normalized spacial score (nSPS) is 20.7. The van der Waals surface area contributed by atoms with Gasteiger partial charge in [-0.1, -0.05) is 105 Å². The van der Waals surface area contributed by atoms with Gasteiger partial charge in [-0.05, 0) is 69.1 Å². The average molecular weight is 579 g/mol. The highest BCUT2D eigenvalue weighted by Crippen LogP contribution is 2.33. The van der Waals surface area contributed by atoms with E-state index in [0.29, 0.717) is 37.2 Å². The SMILES string of the molecule is CCCCCC[C@@H](O)C/C=C\CCCCCCCC(=O)OCCC(CCC)NC(=O)NC1CC(C)CCC1C(C)C. The molecule has 1 rings (SSSR count). The van der Waals surface area contributed by atoms with Crippen molar-refractivity contribution in [2.45, 2.75) is 175 Å². The second-order valence-corrected chi connectivity index (χ2v) is 13.1. The van der Waals surface area contributed by atoms with Crippen molar-refractivity contribution >= 4 is 12.0 Å². The molecule has 3 N–H and O–H groups in total. The number of urea groups is 1. The van der Waals surface area contributed by atoms with Gasteiger partial charge in [0.1, 0.15) is 0 Å². The quantitative estimate of drug-likeness (QED) is 0.0642. The molecule has 0 bridgehead atoms. The largest absolute Gasteiger partial charge is 0.466 e. The standard InChI is InChI=1S/C35H66N2O4/c1-6-8-9-16-20-31(38)21-17-14-12-10-11-13-15-18-22-34(39)41-26-25-30(19-7-2)36-35(40)37-33-27-29(5)23-24-32(33)28(3)4/h14,17,28-33,38H,6-13,15-16,18-27H2,1-5H3,(H2,36,37,40)/b17-14-/t29?,30?,31-,32?,33?/m1/s1. The highest BCUT2D eigenvalue weighted by molar-refractivity contribution is 5.74. The molecule has 0 spiro atoms. The first-order chi connectivity index (χ1) is 19.8. The summed E-state index contributed by atoms with van der Waals surface area (Å²) >= 11 is 0. The summed E-state index contributed by atoms with van der Waals surface area (Å²) in [6.45, 7) is 11.5. The molecular weight excluding hydrogens is 512 g/mol. The maximum atomic E-state index is 12.8. The second-order valence-electron chi connectivity index (χ2n) is 13.1. The molecule has 1 aliphatic carbocycles. The molecule has 0 aromatic rings. The molecule has 1 fully saturated rings. The topological polar surface area (TPSA) is 87.7 Å². The fourth-order valence-corrected chi connectivity index (χ4v) is 6.15. The summed E-state index contributed by atoms with van der Waals surface area (Å²) in [4.78, 5) is 25.0. The number of aliphatic hydroxyl groups is 1. The molecular formula is C35H66N2O4. The molecule has 0 heterocycles. The van der Waals surface area contributed by atoms with Crippen molar-refractivity contribution in [3.05, 3.63) is 12.2 Å². The summed E-state index contributed by atoms with van der Waals surface area (Å²) < 4.78 is 5.50. The van der Waals surface area contributed by atoms with Gasteiger partial charge < -0.3 is 20.5 Å². The van der Waals surface area contributed by atoms with Crippen LogP contribution in [0, 0.1) is 17.8 Å². The van der Waals surface area contributed by atoms with Gasteiger partial charge in [0.15, 0.2) is 0 Å². The molecule has 6 heteroatoms. The monoisotopic (exact) mass is 579 g/mol. The Hall–Kier alpha value is -1.56. The predicted octanol–water partition coefficient (Wildman–Crippen LogP) is 8.86. The highest BCUT2D eigenvalue weighted by Gasteiger charge is 2.32. The molecule has 6 nitrogen and oxygen atoms in total. The lowest BCUT2D eigenvalue weighted by molar-refractivity contribution is -0.144. The van der Waals surface area contributed by atoms with E-state index < -0.39 is 0 Å². The number of ether oxygens (including phenoxy) is 1. The molecule has 0 aliphatic heterocycles. The van der Waals surface area contributed by atoms with Crippen molar-refractivity contribution in [1.29, 1.82) is 0 Å². The number of carbonyl (C=O) groups is 2. The first kappa shape index (κ1) is 37.5. The van der Waals surface area contributed by atoms with E-state index in [1.54, 1.807) is 0 Å². The smallest absolute Gasteiger partial charge is 0.315 e. The van der Waals surface area contributed by atoms with Gasteiger partial charge in [-0.15, -0.1) is 0 Å². The minimum Gasteiger partial charge on any atom is -0.466 e. The summed E-state index contributed by atoms with van der Waals surface area (Å²) in [5.41, 5.74) is 0. The van der Waals surface area contributed by atoms with Crippen LogP contribution in [0.25, 0.3) is 0 Å². The Balaban J connectivity index is 2.12. The summed E-state index contributed by atoms with van der Waals surface area (Å²) in [6, 6.07) is 0.180. The lowest BCUT2D eigenvalue weighted by atomic mass is 9.74. The van der Waals surface area contributed by atoms with Crippen LogP contribution in [0.3, 0.4) is 0 Å². The third-order valence-electron chi connectivity index (χ3n) is 8.76. The van der Waals surface area contributed by atoms with Crippen molar-refractivity contribution in [3.63, 3.8) is 0 Å². The summed E-state index contributed by atoms with van der Waals surface area (Å²) in [6.07, 6.45) is 23.6. The van der Waals surface area contributed by atoms with Crippen LogP contribution in [-0.2, 0) is 9.53 Å². The number of allylic oxidation sites excluding steroid dienone is 1. The van der Waals surface area contributed by atoms with Crippen LogP contribution in [-0.4, -0.2) is 41.9 Å². The molecule has 5 atom stereocenters. The Kier molecular flexibility index (Phi) is 21.9. The number of hydrogen-bond acceptors (Lipinski definition) is 4. The van der Waals surface area contributed by atoms with Crippen molar-refractivity contribution in [2.24, 2.45) is 17.8 Å². The zero-order valence-corrected chi connectivity index (χ0v) is 27.4. The Morgan fingerprint density at radius 1 is 0.902 bits per heavy atom. The van der Waals surface area contributed by atoms with Crippen molar-refractivity contribution in [2.75, 3.05) is 6.61 Å². The number of esters is 1. The Labute approximate surface area is 253 Å². The predicted molar refractivity (Wildman–Crippen MR) is 172 cm³/mol. The minimum absolute atomic E-state index is 0.0226. The van der Waals surface area contributed by atoms with Crippen LogP contribution < -0.4 is 10.6 Å². The first-order valence-corrected chi connectivity index (χ1v) is 17.3. The third-order valence-corrected chi connectivity index (χ3v) is 8.76. The van der Waals surface area contributed by atoms with Crippen molar-refractivity contribution < 1.29 is 19.4 Å². The fraction of sp³-hybridized carbons (Fsp3) is 0.886. The number of hydrogen-bond donors (Lipinski definition) is 3. The van der Waals surface area contributed by atoms with Crippen LogP contribution in [0.1, 0.15) is 157 Å². The van der Waals surface area contributed by atoms with Crippen LogP contribution in [0.5, 0.6) is 0 Å². The van der Waals surface area contributed by atoms with E-state index in [1.807, 2.05) is 0 Å². The van der Waals surface area contributed by atoms with E-state index in [1.165, 1.54) is 38.5 Å². The fourth-order valence-electron chi connectivity index (χ4n) is 6.15. The number of rotatable bonds is 23. The van der Waals surface area contributed by atoms with Crippen LogP contribution >= 0.6 is 0 Å². The van der Waals surface area contributed by atoms with Crippen LogP contribution in [0.2, 0.25) is 0 Å². The highest BCUT2D eigenvalue weighted by atomic mass is 16.5. The number of nitrogens with one attached hydrogen (secondary N) is 2. The van der Waals surface area contributed by atoms with Gasteiger partial charge in [0.25, 0.3) is 0 Å². The van der Waals surface area contributed by atoms with E-state index in [4.69, 9.17) is 4.74 Å². The van der Waals surface area contributed by atoms with E-state index in [-0.39, 0.29) is 30.2 Å². The maximum absolute atomic E-state index is 12.8. The Morgan fingerprint density at radius 2 is 1.63 bits per heavy atom. The van der Waals surface area contributed by atoms with Crippen molar-refractivity contribution in [3.8, 4) is 0 Å². The molecule has 240 valence electrons. The molecule has 0 aromatic carbocycles. The summed E-state index contributed by atoms with van der Waals surface area (Å²) in [5, 5.41) is 16.4. The maximum Gasteiger partial charge on any atom is 0.315 e. The number of amides is 2. The van der Waals surface area contributed by atoms with E-state index in [9.17, 15) is 14.7 Å². The van der Waals surface area contributed by atoms with Gasteiger partial charge in [-0.2, -0.15) is 0 Å². The molecule has 41 heavy (non-hydrogen) atoms. The molecule has 4 unspecified atom stereocenters. The van der Waals surface area contributed by atoms with Gasteiger partial charge >= 0.3 is 12.0 Å². The van der Waals surface area contributed by atoms with E-state index >= 15 is 0 Å². The summed E-state index contributed by atoms with van der Waals surface area (Å²) in [5.74, 6) is 1.63. The molecule has 0 radical (unpaired) electrons. The third kappa shape index (κ3) is 19.3. The minimum atomic E-state index is -0.191. The first-order valence-electron chi connectivity index (χ1n) is 17.3. The molecule has 1 aliphatic rings. The molecule has 0 aromatic heterocycles. The van der Waals surface area contributed by atoms with Gasteiger partial charge in [0.2, 0.25) is 0 Å². The lowest BCUT2D eigenvalue weighted by Crippen LogP contribution is -2.51. The Morgan fingerprint density at radius 3 is 2.37 bits per heavy atom. The zero-order valence-electron chi connectivity index (χ0n) is 27.4. The van der Waals surface area contributed by atoms with Gasteiger partial charge in [0, 0.05) is 24.9 Å². The van der Waals surface area contributed by atoms with Gasteiger partial charge in [-0.3, -0.25) is 4.79 Å². The molecule has 1 saturated carbocycles. The second kappa shape index (κ2) is 23.9.